The summed E-state index contributed by atoms with van der Waals surface area (Å²) in [6.45, 7) is 0.840. The minimum Gasteiger partial charge on any atom is -0.508 e. The molecule has 4 heteroatoms. The molecule has 1 heterocycles. The topological polar surface area (TPSA) is 52.5 Å². The maximum absolute atomic E-state index is 9.94. The average molecular weight is 534 g/mol. The number of benzene rings is 5. The first kappa shape index (κ1) is 26.4. The number of rotatable bonds is 5. The van der Waals surface area contributed by atoms with Crippen molar-refractivity contribution in [2.75, 3.05) is 5.32 Å². The van der Waals surface area contributed by atoms with Crippen molar-refractivity contribution in [2.24, 2.45) is 0 Å². The van der Waals surface area contributed by atoms with E-state index >= 15 is 0 Å². The van der Waals surface area contributed by atoms with Crippen LogP contribution in [-0.2, 0) is 25.8 Å². The van der Waals surface area contributed by atoms with Crippen molar-refractivity contribution >= 4 is 18.1 Å². The van der Waals surface area contributed by atoms with Crippen molar-refractivity contribution in [1.29, 1.82) is 0 Å². The van der Waals surface area contributed by atoms with Gasteiger partial charge in [-0.1, -0.05) is 84.9 Å². The maximum atomic E-state index is 9.94. The molecule has 1 aliphatic rings. The molecular weight excluding hydrogens is 502 g/mol. The summed E-state index contributed by atoms with van der Waals surface area (Å²) in [5, 5.41) is 23.6. The van der Waals surface area contributed by atoms with Crippen LogP contribution in [0.4, 0.5) is 5.69 Å². The molecule has 1 aliphatic heterocycles. The molecule has 196 valence electrons. The lowest BCUT2D eigenvalue weighted by molar-refractivity contribution is 0.475. The molecule has 3 nitrogen and oxygen atoms in total. The summed E-state index contributed by atoms with van der Waals surface area (Å²) in [6, 6.07) is 38.9. The van der Waals surface area contributed by atoms with Crippen LogP contribution in [0.25, 0.3) is 0 Å². The predicted octanol–water partition coefficient (Wildman–Crippen LogP) is 8.00. The third-order valence-electron chi connectivity index (χ3n) is 7.70. The van der Waals surface area contributed by atoms with Gasteiger partial charge >= 0.3 is 0 Å². The van der Waals surface area contributed by atoms with E-state index in [4.69, 9.17) is 0 Å². The van der Waals surface area contributed by atoms with Crippen LogP contribution in [0, 0.1) is 0 Å². The van der Waals surface area contributed by atoms with Gasteiger partial charge in [-0.2, -0.15) is 0 Å². The highest BCUT2D eigenvalue weighted by atomic mass is 35.5. The highest BCUT2D eigenvalue weighted by Crippen LogP contribution is 2.37. The fraction of sp³-hybridized carbons (Fsp3) is 0.143. The molecule has 0 unspecified atom stereocenters. The van der Waals surface area contributed by atoms with Crippen molar-refractivity contribution in [1.82, 2.24) is 0 Å². The Bertz CT molecular complexity index is 1520. The van der Waals surface area contributed by atoms with Crippen LogP contribution in [0.15, 0.2) is 115 Å². The van der Waals surface area contributed by atoms with Gasteiger partial charge in [-0.15, -0.1) is 12.4 Å². The van der Waals surface area contributed by atoms with Crippen LogP contribution >= 0.6 is 12.4 Å². The molecule has 0 amide bonds. The first-order chi connectivity index (χ1) is 18.7. The number of hydrogen-bond acceptors (Lipinski definition) is 3. The molecule has 0 fully saturated rings. The van der Waals surface area contributed by atoms with E-state index in [1.165, 1.54) is 39.1 Å². The van der Waals surface area contributed by atoms with Crippen molar-refractivity contribution < 1.29 is 10.2 Å². The minimum absolute atomic E-state index is 0. The second-order valence-electron chi connectivity index (χ2n) is 10.1. The molecule has 5 aromatic carbocycles. The molecular formula is C35H32ClNO2. The second-order valence-corrected chi connectivity index (χ2v) is 10.1. The summed E-state index contributed by atoms with van der Waals surface area (Å²) in [5.74, 6) is 0.481. The SMILES string of the molecule is Cl.Oc1ccc(C(c2ccc(O)cc2)c2ccccc2Cc2cccc3c2CCc2ccccc2CN3)cc1. The first-order valence-corrected chi connectivity index (χ1v) is 13.2. The van der Waals surface area contributed by atoms with E-state index in [0.29, 0.717) is 0 Å². The normalized spacial score (nSPS) is 12.3. The number of halogens is 1. The summed E-state index contributed by atoms with van der Waals surface area (Å²) < 4.78 is 0. The molecule has 39 heavy (non-hydrogen) atoms. The Morgan fingerprint density at radius 2 is 1.18 bits per heavy atom. The number of anilines is 1. The van der Waals surface area contributed by atoms with E-state index in [0.717, 1.165) is 36.9 Å². The molecule has 0 bridgehead atoms. The monoisotopic (exact) mass is 533 g/mol. The molecule has 0 atom stereocenters. The van der Waals surface area contributed by atoms with Crippen LogP contribution in [0.2, 0.25) is 0 Å². The zero-order chi connectivity index (χ0) is 25.9. The lowest BCUT2D eigenvalue weighted by atomic mass is 9.81. The average Bonchev–Trinajstić information content (AvgIpc) is 2.93. The first-order valence-electron chi connectivity index (χ1n) is 13.2. The molecule has 6 rings (SSSR count). The van der Waals surface area contributed by atoms with E-state index in [1.54, 1.807) is 24.3 Å². The van der Waals surface area contributed by atoms with Gasteiger partial charge in [0.15, 0.2) is 0 Å². The van der Waals surface area contributed by atoms with Gasteiger partial charge in [0.25, 0.3) is 0 Å². The fourth-order valence-corrected chi connectivity index (χ4v) is 5.75. The molecule has 0 saturated heterocycles. The number of aromatic hydroxyl groups is 2. The maximum Gasteiger partial charge on any atom is 0.115 e. The highest BCUT2D eigenvalue weighted by Gasteiger charge is 2.21. The Morgan fingerprint density at radius 1 is 0.590 bits per heavy atom. The number of phenols is 2. The quantitative estimate of drug-likeness (QED) is 0.201. The van der Waals surface area contributed by atoms with Gasteiger partial charge in [0.2, 0.25) is 0 Å². The van der Waals surface area contributed by atoms with E-state index in [-0.39, 0.29) is 29.8 Å². The fourth-order valence-electron chi connectivity index (χ4n) is 5.75. The Morgan fingerprint density at radius 3 is 1.87 bits per heavy atom. The molecule has 0 spiro atoms. The zero-order valence-corrected chi connectivity index (χ0v) is 22.5. The summed E-state index contributed by atoms with van der Waals surface area (Å²) >= 11 is 0. The summed E-state index contributed by atoms with van der Waals surface area (Å²) in [4.78, 5) is 0. The van der Waals surface area contributed by atoms with E-state index in [1.807, 2.05) is 24.3 Å². The smallest absolute Gasteiger partial charge is 0.115 e. The summed E-state index contributed by atoms with van der Waals surface area (Å²) in [6.07, 6.45) is 2.86. The predicted molar refractivity (Wildman–Crippen MR) is 161 cm³/mol. The van der Waals surface area contributed by atoms with Crippen molar-refractivity contribution in [3.05, 3.63) is 160 Å². The van der Waals surface area contributed by atoms with E-state index < -0.39 is 0 Å². The van der Waals surface area contributed by atoms with Gasteiger partial charge in [-0.05, 0) is 94.1 Å². The van der Waals surface area contributed by atoms with Crippen LogP contribution < -0.4 is 5.32 Å². The standard InChI is InChI=1S/C35H31NO2.ClH/c37-30-17-12-25(13-18-30)35(26-14-19-31(38)20-15-26)33-10-4-3-7-28(33)22-27-9-5-11-34-32(27)21-16-24-6-1-2-8-29(24)23-36-34;/h1-15,17-20,35-38H,16,21-23H2;1H. The van der Waals surface area contributed by atoms with E-state index in [9.17, 15) is 10.2 Å². The van der Waals surface area contributed by atoms with Crippen molar-refractivity contribution in [3.8, 4) is 11.5 Å². The van der Waals surface area contributed by atoms with Crippen LogP contribution in [0.1, 0.15) is 50.4 Å². The van der Waals surface area contributed by atoms with Gasteiger partial charge in [0.1, 0.15) is 11.5 Å². The Hall–Kier alpha value is -4.21. The largest absolute Gasteiger partial charge is 0.508 e. The number of hydrogen-bond donors (Lipinski definition) is 3. The molecule has 5 aromatic rings. The van der Waals surface area contributed by atoms with Crippen LogP contribution in [-0.4, -0.2) is 10.2 Å². The number of aryl methyl sites for hydroxylation is 1. The summed E-state index contributed by atoms with van der Waals surface area (Å²) in [5.41, 5.74) is 11.5. The molecule has 3 N–H and O–H groups in total. The number of nitrogens with one attached hydrogen (secondary N) is 1. The molecule has 0 saturated carbocycles. The lowest BCUT2D eigenvalue weighted by Crippen LogP contribution is -2.12. The van der Waals surface area contributed by atoms with Crippen molar-refractivity contribution in [3.63, 3.8) is 0 Å². The summed E-state index contributed by atoms with van der Waals surface area (Å²) in [7, 11) is 0. The van der Waals surface area contributed by atoms with E-state index in [2.05, 4.69) is 72.0 Å². The van der Waals surface area contributed by atoms with Crippen molar-refractivity contribution in [2.45, 2.75) is 31.7 Å². The lowest BCUT2D eigenvalue weighted by Gasteiger charge is -2.24. The second kappa shape index (κ2) is 11.7. The van der Waals surface area contributed by atoms with Crippen LogP contribution in [0.5, 0.6) is 11.5 Å². The van der Waals surface area contributed by atoms with Gasteiger partial charge < -0.3 is 15.5 Å². The third kappa shape index (κ3) is 5.64. The number of fused-ring (bicyclic) bond motifs is 2. The molecule has 0 aliphatic carbocycles. The minimum atomic E-state index is -0.0251. The van der Waals surface area contributed by atoms with Gasteiger partial charge in [-0.3, -0.25) is 0 Å². The van der Waals surface area contributed by atoms with Crippen LogP contribution in [0.3, 0.4) is 0 Å². The van der Waals surface area contributed by atoms with Gasteiger partial charge in [0, 0.05) is 18.2 Å². The molecule has 0 aromatic heterocycles. The number of phenolic OH excluding ortho intramolecular Hbond substituents is 2. The van der Waals surface area contributed by atoms with Gasteiger partial charge in [-0.25, -0.2) is 0 Å². The highest BCUT2D eigenvalue weighted by molar-refractivity contribution is 5.85. The van der Waals surface area contributed by atoms with Gasteiger partial charge in [0.05, 0.1) is 0 Å². The Kier molecular flexibility index (Phi) is 7.90. The molecule has 0 radical (unpaired) electrons. The third-order valence-corrected chi connectivity index (χ3v) is 7.70. The Labute approximate surface area is 236 Å². The Balaban J connectivity index is 0.00000308. The zero-order valence-electron chi connectivity index (χ0n) is 21.7.